The number of nitrogens with two attached hydrogens (primary N) is 1. The van der Waals surface area contributed by atoms with Gasteiger partial charge in [-0.25, -0.2) is 4.98 Å². The molecule has 1 aromatic carbocycles. The van der Waals surface area contributed by atoms with Crippen LogP contribution in [0.5, 0.6) is 5.75 Å². The summed E-state index contributed by atoms with van der Waals surface area (Å²) < 4.78 is 5.07. The third-order valence-electron chi connectivity index (χ3n) is 2.96. The van der Waals surface area contributed by atoms with E-state index >= 15 is 0 Å². The fourth-order valence-electron chi connectivity index (χ4n) is 1.79. The molecule has 106 valence electrons. The van der Waals surface area contributed by atoms with Gasteiger partial charge in [-0.1, -0.05) is 12.1 Å². The fraction of sp³-hybridized carbons (Fsp3) is 0.286. The molecule has 1 atom stereocenters. The van der Waals surface area contributed by atoms with Gasteiger partial charge in [-0.2, -0.15) is 0 Å². The van der Waals surface area contributed by atoms with Crippen molar-refractivity contribution in [1.82, 2.24) is 15.3 Å². The Morgan fingerprint density at radius 1 is 1.45 bits per heavy atom. The Hall–Kier alpha value is -2.34. The number of carbonyl (C=O) groups is 1. The van der Waals surface area contributed by atoms with Crippen molar-refractivity contribution in [2.75, 3.05) is 7.11 Å². The van der Waals surface area contributed by atoms with Crippen LogP contribution in [0.15, 0.2) is 36.8 Å². The summed E-state index contributed by atoms with van der Waals surface area (Å²) in [4.78, 5) is 18.7. The van der Waals surface area contributed by atoms with Gasteiger partial charge in [0.2, 0.25) is 5.91 Å². The smallest absolute Gasteiger partial charge is 0.237 e. The van der Waals surface area contributed by atoms with Gasteiger partial charge < -0.3 is 20.8 Å². The van der Waals surface area contributed by atoms with Gasteiger partial charge in [0.05, 0.1) is 19.5 Å². The number of nitrogens with one attached hydrogen (secondary N) is 2. The number of H-pyrrole nitrogens is 1. The molecule has 1 amide bonds. The molecule has 0 radical (unpaired) electrons. The summed E-state index contributed by atoms with van der Waals surface area (Å²) in [5.74, 6) is 0.603. The number of imidazole rings is 1. The minimum Gasteiger partial charge on any atom is -0.497 e. The Morgan fingerprint density at radius 3 is 2.80 bits per heavy atom. The maximum Gasteiger partial charge on any atom is 0.237 e. The molecule has 1 unspecified atom stereocenters. The lowest BCUT2D eigenvalue weighted by Gasteiger charge is -2.11. The number of methoxy groups -OCH3 is 1. The normalized spacial score (nSPS) is 11.9. The van der Waals surface area contributed by atoms with Gasteiger partial charge in [0, 0.05) is 24.9 Å². The largest absolute Gasteiger partial charge is 0.497 e. The molecule has 0 saturated carbocycles. The van der Waals surface area contributed by atoms with Gasteiger partial charge in [0.15, 0.2) is 0 Å². The van der Waals surface area contributed by atoms with Crippen LogP contribution in [-0.2, 0) is 17.8 Å². The van der Waals surface area contributed by atoms with Crippen molar-refractivity contribution in [3.05, 3.63) is 48.0 Å². The molecule has 0 fully saturated rings. The predicted molar refractivity (Wildman–Crippen MR) is 75.1 cm³/mol. The first kappa shape index (κ1) is 14.1. The lowest BCUT2D eigenvalue weighted by molar-refractivity contribution is -0.122. The van der Waals surface area contributed by atoms with Gasteiger partial charge in [-0.05, 0) is 17.7 Å². The van der Waals surface area contributed by atoms with Gasteiger partial charge in [0.25, 0.3) is 0 Å². The maximum absolute atomic E-state index is 11.9. The van der Waals surface area contributed by atoms with Gasteiger partial charge in [-0.3, -0.25) is 4.79 Å². The Balaban J connectivity index is 1.81. The number of hydrogen-bond acceptors (Lipinski definition) is 4. The average Bonchev–Trinajstić information content (AvgIpc) is 2.98. The van der Waals surface area contributed by atoms with E-state index in [1.165, 1.54) is 0 Å². The summed E-state index contributed by atoms with van der Waals surface area (Å²) in [5, 5.41) is 2.81. The molecule has 2 rings (SSSR count). The zero-order chi connectivity index (χ0) is 14.4. The molecule has 4 N–H and O–H groups in total. The van der Waals surface area contributed by atoms with Crippen molar-refractivity contribution in [2.24, 2.45) is 5.73 Å². The Morgan fingerprint density at radius 2 is 2.20 bits per heavy atom. The third-order valence-corrected chi connectivity index (χ3v) is 2.96. The quantitative estimate of drug-likeness (QED) is 0.719. The van der Waals surface area contributed by atoms with E-state index in [0.717, 1.165) is 17.0 Å². The number of nitrogens with zero attached hydrogens (tertiary/aromatic N) is 1. The molecule has 1 heterocycles. The van der Waals surface area contributed by atoms with Crippen LogP contribution in [0.25, 0.3) is 0 Å². The molecule has 1 aromatic heterocycles. The summed E-state index contributed by atoms with van der Waals surface area (Å²) in [5.41, 5.74) is 7.68. The summed E-state index contributed by atoms with van der Waals surface area (Å²) in [6.45, 7) is 0.444. The minimum absolute atomic E-state index is 0.185. The highest BCUT2D eigenvalue weighted by Crippen LogP contribution is 2.10. The van der Waals surface area contributed by atoms with E-state index < -0.39 is 6.04 Å². The van der Waals surface area contributed by atoms with Gasteiger partial charge in [0.1, 0.15) is 5.75 Å². The standard InChI is InChI=1S/C14H18N4O2/c1-20-12-4-2-10(3-5-12)7-17-14(19)13(15)6-11-8-16-9-18-11/h2-5,8-9,13H,6-7,15H2,1H3,(H,16,18)(H,17,19). The van der Waals surface area contributed by atoms with E-state index in [0.29, 0.717) is 13.0 Å². The summed E-state index contributed by atoms with van der Waals surface area (Å²) in [6.07, 6.45) is 3.67. The number of benzene rings is 1. The van der Waals surface area contributed by atoms with E-state index in [2.05, 4.69) is 15.3 Å². The van der Waals surface area contributed by atoms with Crippen LogP contribution >= 0.6 is 0 Å². The Bertz CT molecular complexity index is 537. The first-order valence-electron chi connectivity index (χ1n) is 6.32. The summed E-state index contributed by atoms with van der Waals surface area (Å²) in [6, 6.07) is 6.92. The summed E-state index contributed by atoms with van der Waals surface area (Å²) >= 11 is 0. The second-order valence-corrected chi connectivity index (χ2v) is 4.45. The number of aromatic nitrogens is 2. The van der Waals surface area contributed by atoms with Crippen LogP contribution in [0.2, 0.25) is 0 Å². The lowest BCUT2D eigenvalue weighted by Crippen LogP contribution is -2.41. The number of carbonyl (C=O) groups excluding carboxylic acids is 1. The molecule has 6 heteroatoms. The van der Waals surface area contributed by atoms with Crippen molar-refractivity contribution in [3.63, 3.8) is 0 Å². The van der Waals surface area contributed by atoms with Crippen molar-refractivity contribution in [3.8, 4) is 5.75 Å². The van der Waals surface area contributed by atoms with Crippen LogP contribution in [0.1, 0.15) is 11.3 Å². The molecule has 0 spiro atoms. The van der Waals surface area contributed by atoms with Gasteiger partial charge in [-0.15, -0.1) is 0 Å². The molecule has 0 aliphatic heterocycles. The zero-order valence-corrected chi connectivity index (χ0v) is 11.3. The topological polar surface area (TPSA) is 93.0 Å². The number of aromatic amines is 1. The minimum atomic E-state index is -0.589. The molecule has 6 nitrogen and oxygen atoms in total. The SMILES string of the molecule is COc1ccc(CNC(=O)C(N)Cc2cnc[nH]2)cc1. The van der Waals surface area contributed by atoms with E-state index in [4.69, 9.17) is 10.5 Å². The van der Waals surface area contributed by atoms with Crippen LogP contribution < -0.4 is 15.8 Å². The number of rotatable bonds is 6. The second-order valence-electron chi connectivity index (χ2n) is 4.45. The second kappa shape index (κ2) is 6.72. The molecular weight excluding hydrogens is 256 g/mol. The fourth-order valence-corrected chi connectivity index (χ4v) is 1.79. The maximum atomic E-state index is 11.9. The van der Waals surface area contributed by atoms with E-state index in [9.17, 15) is 4.79 Å². The molecular formula is C14H18N4O2. The van der Waals surface area contributed by atoms with E-state index in [-0.39, 0.29) is 5.91 Å². The molecule has 0 aliphatic rings. The highest BCUT2D eigenvalue weighted by Gasteiger charge is 2.14. The number of hydrogen-bond donors (Lipinski definition) is 3. The summed E-state index contributed by atoms with van der Waals surface area (Å²) in [7, 11) is 1.62. The van der Waals surface area contributed by atoms with Crippen LogP contribution in [0.3, 0.4) is 0 Å². The van der Waals surface area contributed by atoms with Crippen molar-refractivity contribution in [1.29, 1.82) is 0 Å². The molecule has 0 saturated heterocycles. The van der Waals surface area contributed by atoms with Crippen LogP contribution in [0, 0.1) is 0 Å². The van der Waals surface area contributed by atoms with Crippen LogP contribution in [0.4, 0.5) is 0 Å². The molecule has 0 bridgehead atoms. The highest BCUT2D eigenvalue weighted by atomic mass is 16.5. The average molecular weight is 274 g/mol. The van der Waals surface area contributed by atoms with Gasteiger partial charge >= 0.3 is 0 Å². The van der Waals surface area contributed by atoms with Crippen molar-refractivity contribution < 1.29 is 9.53 Å². The Kier molecular flexibility index (Phi) is 4.73. The van der Waals surface area contributed by atoms with E-state index in [1.54, 1.807) is 19.6 Å². The monoisotopic (exact) mass is 274 g/mol. The van der Waals surface area contributed by atoms with Crippen LogP contribution in [-0.4, -0.2) is 29.0 Å². The highest BCUT2D eigenvalue weighted by molar-refractivity contribution is 5.81. The Labute approximate surface area is 117 Å². The van der Waals surface area contributed by atoms with Crippen molar-refractivity contribution >= 4 is 5.91 Å². The van der Waals surface area contributed by atoms with E-state index in [1.807, 2.05) is 24.3 Å². The molecule has 2 aromatic rings. The lowest BCUT2D eigenvalue weighted by atomic mass is 10.1. The first-order valence-corrected chi connectivity index (χ1v) is 6.32. The predicted octanol–water partition coefficient (Wildman–Crippen LogP) is 0.604. The third kappa shape index (κ3) is 3.83. The number of ether oxygens (including phenoxy) is 1. The zero-order valence-electron chi connectivity index (χ0n) is 11.3. The first-order chi connectivity index (χ1) is 9.69. The number of amides is 1. The molecule has 0 aliphatic carbocycles. The molecule has 20 heavy (non-hydrogen) atoms. The van der Waals surface area contributed by atoms with Crippen molar-refractivity contribution in [2.45, 2.75) is 19.0 Å².